The number of likely N-dealkylation sites (tertiary alicyclic amines) is 1. The molecule has 0 bridgehead atoms. The molecule has 1 N–H and O–H groups in total. The number of nitrogens with zero attached hydrogens (tertiary/aromatic N) is 3. The average Bonchev–Trinajstić information content (AvgIpc) is 3.55. The van der Waals surface area contributed by atoms with E-state index in [0.717, 1.165) is 44.7 Å². The molecule has 2 aromatic carbocycles. The van der Waals surface area contributed by atoms with Gasteiger partial charge in [-0.25, -0.2) is 4.39 Å². The van der Waals surface area contributed by atoms with Gasteiger partial charge < -0.3 is 23.6 Å². The first-order valence-corrected chi connectivity index (χ1v) is 12.3. The Kier molecular flexibility index (Phi) is 6.13. The molecule has 4 aromatic rings. The second-order valence-electron chi connectivity index (χ2n) is 9.67. The molecule has 0 atom stereocenters. The Morgan fingerprint density at radius 3 is 2.68 bits per heavy atom. The van der Waals surface area contributed by atoms with Crippen molar-refractivity contribution in [2.45, 2.75) is 12.8 Å². The maximum Gasteiger partial charge on any atom is 0.253 e. The molecule has 1 amide bonds. The van der Waals surface area contributed by atoms with Crippen LogP contribution in [0.3, 0.4) is 0 Å². The van der Waals surface area contributed by atoms with Gasteiger partial charge in [-0.2, -0.15) is 5.10 Å². The molecule has 2 saturated heterocycles. The molecular formula is C27H27FN4O5. The lowest BCUT2D eigenvalue weighted by Crippen LogP contribution is -2.60. The van der Waals surface area contributed by atoms with E-state index in [1.807, 2.05) is 29.2 Å². The molecule has 2 aliphatic rings. The number of rotatable bonds is 7. The highest BCUT2D eigenvalue weighted by Gasteiger charge is 2.45. The number of fused-ring (bicyclic) bond motifs is 1. The van der Waals surface area contributed by atoms with E-state index in [1.165, 1.54) is 6.07 Å². The number of aromatic amines is 1. The Hall–Kier alpha value is -3.76. The Morgan fingerprint density at radius 2 is 1.92 bits per heavy atom. The van der Waals surface area contributed by atoms with Crippen molar-refractivity contribution in [3.63, 3.8) is 0 Å². The lowest BCUT2D eigenvalue weighted by atomic mass is 9.73. The van der Waals surface area contributed by atoms with Crippen LogP contribution in [0.2, 0.25) is 0 Å². The van der Waals surface area contributed by atoms with Gasteiger partial charge in [0.15, 0.2) is 17.3 Å². The zero-order valence-corrected chi connectivity index (χ0v) is 20.5. The van der Waals surface area contributed by atoms with Gasteiger partial charge in [-0.15, -0.1) is 0 Å². The van der Waals surface area contributed by atoms with E-state index in [1.54, 1.807) is 19.2 Å². The molecule has 2 aromatic heterocycles. The van der Waals surface area contributed by atoms with Crippen LogP contribution in [0.1, 0.15) is 23.2 Å². The summed E-state index contributed by atoms with van der Waals surface area (Å²) in [4.78, 5) is 14.8. The molecule has 6 rings (SSSR count). The third-order valence-corrected chi connectivity index (χ3v) is 7.22. The third kappa shape index (κ3) is 4.47. The number of amides is 1. The monoisotopic (exact) mass is 506 g/mol. The molecule has 0 radical (unpaired) electrons. The summed E-state index contributed by atoms with van der Waals surface area (Å²) in [6.07, 6.45) is 2.04. The van der Waals surface area contributed by atoms with Crippen molar-refractivity contribution < 1.29 is 27.9 Å². The first-order chi connectivity index (χ1) is 18.0. The van der Waals surface area contributed by atoms with Crippen LogP contribution in [-0.2, 0) is 9.47 Å². The summed E-state index contributed by atoms with van der Waals surface area (Å²) in [5, 5.41) is 11.9. The Labute approximate surface area is 212 Å². The topological polar surface area (TPSA) is 103 Å². The average molecular weight is 507 g/mol. The van der Waals surface area contributed by atoms with Crippen LogP contribution in [0.4, 0.5) is 4.39 Å². The number of H-pyrrole nitrogens is 1. The lowest BCUT2D eigenvalue weighted by molar-refractivity contribution is -0.0666. The molecular weight excluding hydrogens is 479 g/mol. The van der Waals surface area contributed by atoms with Gasteiger partial charge in [0.05, 0.1) is 12.1 Å². The third-order valence-electron chi connectivity index (χ3n) is 7.22. The Morgan fingerprint density at radius 1 is 1.14 bits per heavy atom. The summed E-state index contributed by atoms with van der Waals surface area (Å²) in [7, 11) is 1.55. The minimum absolute atomic E-state index is 0.0418. The fraction of sp³-hybridized carbons (Fsp3) is 0.370. The summed E-state index contributed by atoms with van der Waals surface area (Å²) in [5.41, 5.74) is 3.34. The molecule has 0 saturated carbocycles. The van der Waals surface area contributed by atoms with Gasteiger partial charge in [-0.3, -0.25) is 9.89 Å². The van der Waals surface area contributed by atoms with E-state index in [2.05, 4.69) is 15.4 Å². The second-order valence-corrected chi connectivity index (χ2v) is 9.67. The number of ether oxygens (including phenoxy) is 3. The van der Waals surface area contributed by atoms with E-state index in [4.69, 9.17) is 18.7 Å². The first kappa shape index (κ1) is 23.6. The number of benzene rings is 2. The van der Waals surface area contributed by atoms with Gasteiger partial charge in [0.25, 0.3) is 5.91 Å². The molecule has 9 nitrogen and oxygen atoms in total. The molecule has 2 fully saturated rings. The highest BCUT2D eigenvalue weighted by Crippen LogP contribution is 2.40. The van der Waals surface area contributed by atoms with Crippen LogP contribution in [0.15, 0.2) is 47.0 Å². The van der Waals surface area contributed by atoms with Crippen molar-refractivity contribution in [1.82, 2.24) is 20.3 Å². The van der Waals surface area contributed by atoms with Crippen molar-refractivity contribution in [2.75, 3.05) is 46.6 Å². The zero-order valence-electron chi connectivity index (χ0n) is 20.5. The van der Waals surface area contributed by atoms with E-state index in [9.17, 15) is 9.18 Å². The smallest absolute Gasteiger partial charge is 0.253 e. The van der Waals surface area contributed by atoms with Crippen LogP contribution < -0.4 is 4.74 Å². The van der Waals surface area contributed by atoms with Gasteiger partial charge in [0, 0.05) is 67.5 Å². The lowest BCUT2D eigenvalue weighted by Gasteiger charge is -2.52. The highest BCUT2D eigenvalue weighted by molar-refractivity contribution is 5.95. The van der Waals surface area contributed by atoms with E-state index in [0.29, 0.717) is 40.2 Å². The van der Waals surface area contributed by atoms with Crippen molar-refractivity contribution in [2.24, 2.45) is 5.41 Å². The minimum Gasteiger partial charge on any atom is -0.488 e. The van der Waals surface area contributed by atoms with E-state index >= 15 is 0 Å². The largest absolute Gasteiger partial charge is 0.488 e. The Bertz CT molecular complexity index is 1420. The van der Waals surface area contributed by atoms with Crippen LogP contribution in [0.5, 0.6) is 5.75 Å². The molecule has 4 heterocycles. The summed E-state index contributed by atoms with van der Waals surface area (Å²) in [6, 6.07) is 12.0. The normalized spacial score (nSPS) is 16.8. The molecule has 2 aliphatic heterocycles. The number of halogens is 1. The van der Waals surface area contributed by atoms with E-state index < -0.39 is 5.82 Å². The summed E-state index contributed by atoms with van der Waals surface area (Å²) < 4.78 is 36.0. The molecule has 1 spiro atoms. The number of methoxy groups -OCH3 is 1. The van der Waals surface area contributed by atoms with Gasteiger partial charge in [-0.1, -0.05) is 17.3 Å². The quantitative estimate of drug-likeness (QED) is 0.373. The van der Waals surface area contributed by atoms with Crippen LogP contribution in [0.25, 0.3) is 33.6 Å². The molecule has 0 aliphatic carbocycles. The summed E-state index contributed by atoms with van der Waals surface area (Å²) >= 11 is 0. The SMILES string of the molecule is COCCOc1cc2[nH]nc(-c3cc(-c4ccc(C(=O)N5CC6(CCOCC6)C5)cc4)no3)c2cc1F. The van der Waals surface area contributed by atoms with E-state index in [-0.39, 0.29) is 23.7 Å². The number of hydrogen-bond acceptors (Lipinski definition) is 7. The first-order valence-electron chi connectivity index (χ1n) is 12.3. The molecule has 10 heteroatoms. The molecule has 37 heavy (non-hydrogen) atoms. The van der Waals surface area contributed by atoms with Crippen LogP contribution in [-0.4, -0.2) is 72.8 Å². The number of carbonyl (C=O) groups excluding carboxylic acids is 1. The number of aromatic nitrogens is 3. The fourth-order valence-corrected chi connectivity index (χ4v) is 5.07. The number of hydrogen-bond donors (Lipinski definition) is 1. The fourth-order valence-electron chi connectivity index (χ4n) is 5.07. The van der Waals surface area contributed by atoms with Crippen LogP contribution in [0, 0.1) is 11.2 Å². The summed E-state index contributed by atoms with van der Waals surface area (Å²) in [5.74, 6) is 0.0567. The number of carbonyl (C=O) groups is 1. The molecule has 192 valence electrons. The van der Waals surface area contributed by atoms with Gasteiger partial charge >= 0.3 is 0 Å². The van der Waals surface area contributed by atoms with Crippen molar-refractivity contribution in [3.05, 3.63) is 53.8 Å². The second kappa shape index (κ2) is 9.60. The summed E-state index contributed by atoms with van der Waals surface area (Å²) in [6.45, 7) is 3.75. The predicted molar refractivity (Wildman–Crippen MR) is 133 cm³/mol. The minimum atomic E-state index is -0.504. The maximum absolute atomic E-state index is 14.6. The van der Waals surface area contributed by atoms with Crippen LogP contribution >= 0.6 is 0 Å². The standard InChI is InChI=1S/C27H27FN4O5/c1-34-10-11-36-23-14-22-19(12-20(23)28)25(30-29-22)24-13-21(31-37-24)17-2-4-18(5-3-17)26(33)32-15-27(16-32)6-8-35-9-7-27/h2-5,12-14H,6-11,15-16H2,1H3,(H,29,30). The maximum atomic E-state index is 14.6. The van der Waals surface area contributed by atoms with Crippen molar-refractivity contribution in [1.29, 1.82) is 0 Å². The van der Waals surface area contributed by atoms with Gasteiger partial charge in [0.1, 0.15) is 18.0 Å². The predicted octanol–water partition coefficient (Wildman–Crippen LogP) is 4.30. The molecule has 0 unspecified atom stereocenters. The van der Waals surface area contributed by atoms with Gasteiger partial charge in [0.2, 0.25) is 0 Å². The highest BCUT2D eigenvalue weighted by atomic mass is 19.1. The van der Waals surface area contributed by atoms with Crippen molar-refractivity contribution in [3.8, 4) is 28.5 Å². The Balaban J connectivity index is 1.16. The number of nitrogens with one attached hydrogen (secondary N) is 1. The zero-order chi connectivity index (χ0) is 25.4. The van der Waals surface area contributed by atoms with Crippen molar-refractivity contribution >= 4 is 16.8 Å². The van der Waals surface area contributed by atoms with Gasteiger partial charge in [-0.05, 0) is 31.0 Å².